The van der Waals surface area contributed by atoms with E-state index in [2.05, 4.69) is 47.1 Å². The molecule has 0 saturated heterocycles. The van der Waals surface area contributed by atoms with E-state index < -0.39 is 0 Å². The van der Waals surface area contributed by atoms with Crippen LogP contribution < -0.4 is 4.80 Å². The fourth-order valence-corrected chi connectivity index (χ4v) is 3.07. The highest BCUT2D eigenvalue weighted by atomic mass is 32.1. The topological polar surface area (TPSA) is 30.2 Å². The largest absolute Gasteiger partial charge is 0.253 e. The SMILES string of the molecule is CC(C)N=c1nc(-c2ccccc2)n(-c2ccccc2)s1. The molecule has 0 aliphatic rings. The Morgan fingerprint density at radius 2 is 1.57 bits per heavy atom. The first-order valence-corrected chi connectivity index (χ1v) is 7.76. The van der Waals surface area contributed by atoms with Crippen molar-refractivity contribution in [1.29, 1.82) is 0 Å². The van der Waals surface area contributed by atoms with Crippen molar-refractivity contribution in [2.75, 3.05) is 0 Å². The lowest BCUT2D eigenvalue weighted by Crippen LogP contribution is -2.03. The lowest BCUT2D eigenvalue weighted by Gasteiger charge is -2.05. The fourth-order valence-electron chi connectivity index (χ4n) is 2.06. The Kier molecular flexibility index (Phi) is 3.97. The van der Waals surface area contributed by atoms with E-state index in [4.69, 9.17) is 4.98 Å². The van der Waals surface area contributed by atoms with E-state index in [0.29, 0.717) is 0 Å². The Hall–Kier alpha value is -2.20. The molecule has 3 rings (SSSR count). The van der Waals surface area contributed by atoms with E-state index in [1.165, 1.54) is 0 Å². The van der Waals surface area contributed by atoms with E-state index in [1.54, 1.807) is 11.5 Å². The van der Waals surface area contributed by atoms with Crippen LogP contribution in [-0.2, 0) is 0 Å². The average Bonchev–Trinajstić information content (AvgIpc) is 2.92. The Morgan fingerprint density at radius 1 is 0.952 bits per heavy atom. The summed E-state index contributed by atoms with van der Waals surface area (Å²) in [7, 11) is 0. The molecule has 106 valence electrons. The van der Waals surface area contributed by atoms with Gasteiger partial charge in [0.1, 0.15) is 0 Å². The van der Waals surface area contributed by atoms with Gasteiger partial charge in [-0.2, -0.15) is 4.98 Å². The summed E-state index contributed by atoms with van der Waals surface area (Å²) in [5.74, 6) is 0.936. The first-order valence-electron chi connectivity index (χ1n) is 6.99. The van der Waals surface area contributed by atoms with Crippen molar-refractivity contribution >= 4 is 11.5 Å². The molecule has 0 saturated carbocycles. The Labute approximate surface area is 128 Å². The zero-order valence-corrected chi connectivity index (χ0v) is 12.9. The first-order chi connectivity index (χ1) is 10.2. The highest BCUT2D eigenvalue weighted by molar-refractivity contribution is 7.04. The van der Waals surface area contributed by atoms with Gasteiger partial charge in [0.15, 0.2) is 5.82 Å². The minimum atomic E-state index is 0.240. The van der Waals surface area contributed by atoms with Gasteiger partial charge in [0.25, 0.3) is 0 Å². The van der Waals surface area contributed by atoms with Crippen LogP contribution in [0.5, 0.6) is 0 Å². The van der Waals surface area contributed by atoms with E-state index in [9.17, 15) is 0 Å². The maximum Gasteiger partial charge on any atom is 0.223 e. The third-order valence-corrected chi connectivity index (χ3v) is 3.88. The molecule has 0 aliphatic heterocycles. The normalized spacial score (nSPS) is 12.0. The minimum Gasteiger partial charge on any atom is -0.253 e. The van der Waals surface area contributed by atoms with E-state index in [-0.39, 0.29) is 6.04 Å². The summed E-state index contributed by atoms with van der Waals surface area (Å²) in [5.41, 5.74) is 2.21. The molecule has 0 unspecified atom stereocenters. The molecule has 21 heavy (non-hydrogen) atoms. The number of nitrogens with zero attached hydrogens (tertiary/aromatic N) is 3. The molecule has 3 aromatic rings. The summed E-state index contributed by atoms with van der Waals surface area (Å²) in [6.07, 6.45) is 0. The van der Waals surface area contributed by atoms with E-state index in [1.807, 2.05) is 36.4 Å². The van der Waals surface area contributed by atoms with Crippen molar-refractivity contribution in [2.45, 2.75) is 19.9 Å². The second kappa shape index (κ2) is 6.06. The smallest absolute Gasteiger partial charge is 0.223 e. The zero-order valence-electron chi connectivity index (χ0n) is 12.1. The van der Waals surface area contributed by atoms with E-state index in [0.717, 1.165) is 21.9 Å². The molecule has 2 aromatic carbocycles. The maximum absolute atomic E-state index is 4.71. The van der Waals surface area contributed by atoms with Gasteiger partial charge in [-0.1, -0.05) is 48.5 Å². The number of para-hydroxylation sites is 1. The Morgan fingerprint density at radius 3 is 2.19 bits per heavy atom. The van der Waals surface area contributed by atoms with Crippen LogP contribution >= 0.6 is 11.5 Å². The van der Waals surface area contributed by atoms with Gasteiger partial charge in [-0.15, -0.1) is 0 Å². The van der Waals surface area contributed by atoms with Gasteiger partial charge >= 0.3 is 0 Å². The lowest BCUT2D eigenvalue weighted by atomic mass is 10.2. The molecule has 1 heterocycles. The summed E-state index contributed by atoms with van der Waals surface area (Å²) >= 11 is 1.57. The maximum atomic E-state index is 4.71. The summed E-state index contributed by atoms with van der Waals surface area (Å²) in [4.78, 5) is 10.1. The first kappa shape index (κ1) is 13.8. The van der Waals surface area contributed by atoms with Crippen LogP contribution in [0.2, 0.25) is 0 Å². The molecule has 3 nitrogen and oxygen atoms in total. The van der Waals surface area contributed by atoms with Crippen LogP contribution in [0.4, 0.5) is 0 Å². The van der Waals surface area contributed by atoms with Gasteiger partial charge in [0.05, 0.1) is 5.69 Å². The van der Waals surface area contributed by atoms with Gasteiger partial charge in [-0.05, 0) is 37.5 Å². The third kappa shape index (κ3) is 3.11. The second-order valence-electron chi connectivity index (χ2n) is 5.03. The third-order valence-electron chi connectivity index (χ3n) is 2.96. The van der Waals surface area contributed by atoms with Gasteiger partial charge in [0, 0.05) is 11.6 Å². The Balaban J connectivity index is 2.20. The predicted octanol–water partition coefficient (Wildman–Crippen LogP) is 3.91. The van der Waals surface area contributed by atoms with Gasteiger partial charge in [0.2, 0.25) is 4.80 Å². The van der Waals surface area contributed by atoms with Crippen molar-refractivity contribution in [3.05, 3.63) is 65.5 Å². The molecule has 0 atom stereocenters. The summed E-state index contributed by atoms with van der Waals surface area (Å²) in [5, 5.41) is 0. The van der Waals surface area contributed by atoms with Crippen LogP contribution in [0, 0.1) is 0 Å². The highest BCUT2D eigenvalue weighted by Crippen LogP contribution is 2.21. The molecule has 1 aromatic heterocycles. The van der Waals surface area contributed by atoms with Crippen molar-refractivity contribution in [3.8, 4) is 17.1 Å². The van der Waals surface area contributed by atoms with Crippen LogP contribution in [0.1, 0.15) is 13.8 Å². The van der Waals surface area contributed by atoms with Crippen LogP contribution in [0.3, 0.4) is 0 Å². The summed E-state index contributed by atoms with van der Waals surface area (Å²) in [6.45, 7) is 4.13. The summed E-state index contributed by atoms with van der Waals surface area (Å²) < 4.78 is 2.14. The second-order valence-corrected chi connectivity index (χ2v) is 5.94. The van der Waals surface area contributed by atoms with Crippen molar-refractivity contribution in [2.24, 2.45) is 4.99 Å². The van der Waals surface area contributed by atoms with Gasteiger partial charge in [-0.25, -0.2) is 3.96 Å². The molecule has 0 bridgehead atoms. The number of hydrogen-bond acceptors (Lipinski definition) is 3. The fraction of sp³-hybridized carbons (Fsp3) is 0.176. The van der Waals surface area contributed by atoms with Gasteiger partial charge < -0.3 is 0 Å². The van der Waals surface area contributed by atoms with Crippen molar-refractivity contribution in [1.82, 2.24) is 8.94 Å². The molecule has 0 amide bonds. The van der Waals surface area contributed by atoms with Crippen molar-refractivity contribution < 1.29 is 0 Å². The van der Waals surface area contributed by atoms with Gasteiger partial charge in [-0.3, -0.25) is 4.99 Å². The monoisotopic (exact) mass is 295 g/mol. The Bertz CT molecular complexity index is 711. The van der Waals surface area contributed by atoms with E-state index >= 15 is 0 Å². The quantitative estimate of drug-likeness (QED) is 0.720. The molecule has 0 radical (unpaired) electrons. The average molecular weight is 295 g/mol. The van der Waals surface area contributed by atoms with Crippen LogP contribution in [0.15, 0.2) is 65.7 Å². The standard InChI is InChI=1S/C17H17N3S/c1-13(2)18-17-19-16(14-9-5-3-6-10-14)20(21-17)15-11-7-4-8-12-15/h3-13H,1-2H3. The molecular weight excluding hydrogens is 278 g/mol. The minimum absolute atomic E-state index is 0.240. The van der Waals surface area contributed by atoms with Crippen LogP contribution in [-0.4, -0.2) is 15.0 Å². The molecule has 0 fully saturated rings. The number of hydrogen-bond donors (Lipinski definition) is 0. The zero-order chi connectivity index (χ0) is 14.7. The molecule has 4 heteroatoms. The molecule has 0 aliphatic carbocycles. The number of rotatable bonds is 3. The summed E-state index contributed by atoms with van der Waals surface area (Å²) in [6, 6.07) is 20.7. The number of aromatic nitrogens is 2. The highest BCUT2D eigenvalue weighted by Gasteiger charge is 2.10. The molecule has 0 N–H and O–H groups in total. The molecule has 0 spiro atoms. The molecular formula is C17H17N3S. The van der Waals surface area contributed by atoms with Crippen molar-refractivity contribution in [3.63, 3.8) is 0 Å². The predicted molar refractivity (Wildman–Crippen MR) is 87.6 cm³/mol. The van der Waals surface area contributed by atoms with Crippen LogP contribution in [0.25, 0.3) is 17.1 Å². The number of benzene rings is 2. The lowest BCUT2D eigenvalue weighted by molar-refractivity contribution is 0.801.